The lowest BCUT2D eigenvalue weighted by molar-refractivity contribution is 0.0742. The van der Waals surface area contributed by atoms with Crippen LogP contribution >= 0.6 is 15.8 Å². The van der Waals surface area contributed by atoms with Crippen molar-refractivity contribution in [1.29, 1.82) is 0 Å². The number of benzene rings is 4. The second-order valence-electron chi connectivity index (χ2n) is 8.81. The highest BCUT2D eigenvalue weighted by atomic mass is 31.1. The zero-order valence-corrected chi connectivity index (χ0v) is 20.8. The molecule has 0 saturated carbocycles. The maximum atomic E-state index is 6.66. The van der Waals surface area contributed by atoms with Crippen molar-refractivity contribution in [2.45, 2.75) is 23.5 Å². The van der Waals surface area contributed by atoms with Gasteiger partial charge in [-0.2, -0.15) is 0 Å². The molecule has 0 unspecified atom stereocenters. The Labute approximate surface area is 204 Å². The monoisotopic (exact) mass is 482 g/mol. The average Bonchev–Trinajstić information content (AvgIpc) is 3.51. The van der Waals surface area contributed by atoms with Crippen LogP contribution in [0.5, 0.6) is 0 Å². The van der Waals surface area contributed by atoms with E-state index < -0.39 is 15.8 Å². The summed E-state index contributed by atoms with van der Waals surface area (Å²) < 4.78 is 13.3. The van der Waals surface area contributed by atoms with E-state index in [4.69, 9.17) is 9.47 Å². The van der Waals surface area contributed by atoms with Gasteiger partial charge in [0.05, 0.1) is 25.4 Å². The summed E-state index contributed by atoms with van der Waals surface area (Å²) in [5.74, 6) is 0. The Balaban J connectivity index is 1.35. The largest absolute Gasteiger partial charge is 0.374 e. The Bertz CT molecular complexity index is 1010. The van der Waals surface area contributed by atoms with E-state index in [-0.39, 0.29) is 12.2 Å². The van der Waals surface area contributed by atoms with E-state index in [2.05, 4.69) is 121 Å². The van der Waals surface area contributed by atoms with Gasteiger partial charge in [0.2, 0.25) is 0 Å². The van der Waals surface area contributed by atoms with Crippen LogP contribution < -0.4 is 21.2 Å². The van der Waals surface area contributed by atoms with E-state index in [1.807, 2.05) is 0 Å². The van der Waals surface area contributed by atoms with Crippen molar-refractivity contribution in [3.63, 3.8) is 0 Å². The molecular formula is C30H28O2P2. The van der Waals surface area contributed by atoms with Gasteiger partial charge in [0.15, 0.2) is 0 Å². The molecule has 0 radical (unpaired) electrons. The molecule has 2 nitrogen and oxygen atoms in total. The van der Waals surface area contributed by atoms with Gasteiger partial charge < -0.3 is 9.47 Å². The van der Waals surface area contributed by atoms with E-state index in [0.717, 1.165) is 13.2 Å². The summed E-state index contributed by atoms with van der Waals surface area (Å²) in [6, 6.07) is 43.9. The number of hydrogen-bond donors (Lipinski definition) is 0. The van der Waals surface area contributed by atoms with E-state index in [9.17, 15) is 0 Å². The van der Waals surface area contributed by atoms with Crippen molar-refractivity contribution in [2.75, 3.05) is 13.2 Å². The van der Waals surface area contributed by atoms with Crippen molar-refractivity contribution in [3.8, 4) is 0 Å². The van der Waals surface area contributed by atoms with Gasteiger partial charge in [-0.05, 0) is 37.1 Å². The van der Waals surface area contributed by atoms with E-state index in [1.165, 1.54) is 21.2 Å². The minimum Gasteiger partial charge on any atom is -0.374 e. The van der Waals surface area contributed by atoms with Crippen molar-refractivity contribution in [1.82, 2.24) is 0 Å². The molecule has 0 bridgehead atoms. The Kier molecular flexibility index (Phi) is 6.58. The number of fused-ring (bicyclic) bond motifs is 1. The zero-order chi connectivity index (χ0) is 22.7. The Morgan fingerprint density at radius 1 is 0.412 bits per heavy atom. The van der Waals surface area contributed by atoms with Crippen LogP contribution in [0.25, 0.3) is 0 Å². The minimum atomic E-state index is -0.573. The Hall–Kier alpha value is -2.34. The normalized spacial score (nSPS) is 23.9. The first-order chi connectivity index (χ1) is 16.9. The zero-order valence-electron chi connectivity index (χ0n) is 19.0. The summed E-state index contributed by atoms with van der Waals surface area (Å²) in [5, 5.41) is 5.61. The molecule has 4 heteroatoms. The van der Waals surface area contributed by atoms with Crippen molar-refractivity contribution >= 4 is 37.1 Å². The molecule has 4 aromatic carbocycles. The van der Waals surface area contributed by atoms with Crippen LogP contribution in [0.15, 0.2) is 121 Å². The third-order valence-corrected chi connectivity index (χ3v) is 12.4. The molecule has 2 fully saturated rings. The van der Waals surface area contributed by atoms with Gasteiger partial charge >= 0.3 is 0 Å². The molecular weight excluding hydrogens is 454 g/mol. The first-order valence-corrected chi connectivity index (χ1v) is 14.7. The van der Waals surface area contributed by atoms with Gasteiger partial charge in [0.1, 0.15) is 0 Å². The van der Waals surface area contributed by atoms with Crippen LogP contribution in [-0.2, 0) is 9.47 Å². The van der Waals surface area contributed by atoms with Crippen molar-refractivity contribution in [3.05, 3.63) is 121 Å². The predicted octanol–water partition coefficient (Wildman–Crippen LogP) is 4.79. The SMILES string of the molecule is c1ccc(P(c2ccccc2)[C@@H]2CO[C@H]3[C@@H]2OC[C@H]3P(c2ccccc2)c2ccccc2)cc1. The minimum absolute atomic E-state index is 0.133. The maximum Gasteiger partial charge on any atom is 0.0939 e. The number of rotatable bonds is 6. The molecule has 4 aromatic rings. The standard InChI is InChI=1S/C30H28O2P2/c1-5-13-23(14-6-1)33(24-15-7-2-8-16-24)27-21-31-30-28(22-32-29(27)30)34(25-17-9-3-10-18-25)26-19-11-4-12-20-26/h1-20,27-30H,21-22H2/t27-,28-,29-,30-/m1/s1. The first-order valence-electron chi connectivity index (χ1n) is 11.9. The summed E-state index contributed by atoms with van der Waals surface area (Å²) in [4.78, 5) is 0. The summed E-state index contributed by atoms with van der Waals surface area (Å²) in [6.07, 6.45) is 0.267. The highest BCUT2D eigenvalue weighted by Gasteiger charge is 2.52. The molecule has 0 amide bonds. The van der Waals surface area contributed by atoms with Gasteiger partial charge in [0, 0.05) is 11.3 Å². The molecule has 4 atom stereocenters. The van der Waals surface area contributed by atoms with Gasteiger partial charge in [0.25, 0.3) is 0 Å². The number of ether oxygens (including phenoxy) is 2. The fraction of sp³-hybridized carbons (Fsp3) is 0.200. The van der Waals surface area contributed by atoms with Crippen LogP contribution in [0.1, 0.15) is 0 Å². The first kappa shape index (κ1) is 22.1. The van der Waals surface area contributed by atoms with E-state index >= 15 is 0 Å². The fourth-order valence-electron chi connectivity index (χ4n) is 5.32. The molecule has 2 saturated heterocycles. The molecule has 2 aliphatic rings. The third kappa shape index (κ3) is 4.26. The van der Waals surface area contributed by atoms with Crippen LogP contribution in [-0.4, -0.2) is 36.7 Å². The van der Waals surface area contributed by atoms with Crippen LogP contribution in [0.2, 0.25) is 0 Å². The summed E-state index contributed by atoms with van der Waals surface area (Å²) in [7, 11) is -1.15. The van der Waals surface area contributed by atoms with Gasteiger partial charge in [-0.15, -0.1) is 0 Å². The Morgan fingerprint density at radius 3 is 0.941 bits per heavy atom. The molecule has 34 heavy (non-hydrogen) atoms. The summed E-state index contributed by atoms with van der Waals surface area (Å²) >= 11 is 0. The molecule has 170 valence electrons. The molecule has 2 aliphatic heterocycles. The lowest BCUT2D eigenvalue weighted by Crippen LogP contribution is -2.35. The highest BCUT2D eigenvalue weighted by Crippen LogP contribution is 2.53. The topological polar surface area (TPSA) is 18.5 Å². The summed E-state index contributed by atoms with van der Waals surface area (Å²) in [5.41, 5.74) is 0.719. The smallest absolute Gasteiger partial charge is 0.0939 e. The molecule has 2 heterocycles. The van der Waals surface area contributed by atoms with Crippen LogP contribution in [0.3, 0.4) is 0 Å². The van der Waals surface area contributed by atoms with E-state index in [0.29, 0.717) is 11.3 Å². The summed E-state index contributed by atoms with van der Waals surface area (Å²) in [6.45, 7) is 1.52. The van der Waals surface area contributed by atoms with E-state index in [1.54, 1.807) is 0 Å². The van der Waals surface area contributed by atoms with Gasteiger partial charge in [-0.25, -0.2) is 0 Å². The third-order valence-electron chi connectivity index (χ3n) is 6.80. The quantitative estimate of drug-likeness (QED) is 0.368. The molecule has 0 N–H and O–H groups in total. The molecule has 6 rings (SSSR count). The second kappa shape index (κ2) is 10.1. The average molecular weight is 483 g/mol. The maximum absolute atomic E-state index is 6.66. The van der Waals surface area contributed by atoms with Gasteiger partial charge in [-0.1, -0.05) is 121 Å². The predicted molar refractivity (Wildman–Crippen MR) is 145 cm³/mol. The molecule has 0 aliphatic carbocycles. The molecule has 0 spiro atoms. The number of hydrogen-bond acceptors (Lipinski definition) is 2. The fourth-order valence-corrected chi connectivity index (χ4v) is 11.0. The lowest BCUT2D eigenvalue weighted by atomic mass is 10.2. The lowest BCUT2D eigenvalue weighted by Gasteiger charge is -2.28. The Morgan fingerprint density at radius 2 is 0.676 bits per heavy atom. The van der Waals surface area contributed by atoms with Crippen molar-refractivity contribution < 1.29 is 9.47 Å². The molecule has 0 aromatic heterocycles. The second-order valence-corrected chi connectivity index (χ2v) is 13.7. The van der Waals surface area contributed by atoms with Crippen LogP contribution in [0.4, 0.5) is 0 Å². The highest BCUT2D eigenvalue weighted by molar-refractivity contribution is 7.74. The van der Waals surface area contributed by atoms with Gasteiger partial charge in [-0.3, -0.25) is 0 Å². The van der Waals surface area contributed by atoms with Crippen molar-refractivity contribution in [2.24, 2.45) is 0 Å². The van der Waals surface area contributed by atoms with Crippen LogP contribution in [0, 0.1) is 0 Å².